The summed E-state index contributed by atoms with van der Waals surface area (Å²) in [6, 6.07) is 7.73. The Morgan fingerprint density at radius 1 is 1.38 bits per heavy atom. The van der Waals surface area contributed by atoms with E-state index in [1.807, 2.05) is 36.7 Å². The minimum absolute atomic E-state index is 0.0329. The smallest absolute Gasteiger partial charge is 0.251 e. The van der Waals surface area contributed by atoms with Crippen molar-refractivity contribution in [2.45, 2.75) is 38.6 Å². The van der Waals surface area contributed by atoms with Crippen molar-refractivity contribution in [3.05, 3.63) is 53.7 Å². The zero-order chi connectivity index (χ0) is 16.5. The number of fused-ring (bicyclic) bond motifs is 1. The van der Waals surface area contributed by atoms with E-state index >= 15 is 0 Å². The van der Waals surface area contributed by atoms with E-state index in [-0.39, 0.29) is 5.91 Å². The summed E-state index contributed by atoms with van der Waals surface area (Å²) >= 11 is 0. The average Bonchev–Trinajstić information content (AvgIpc) is 3.13. The molecule has 1 amide bonds. The number of carbonyl (C=O) groups excluding carboxylic acids is 1. The molecule has 0 unspecified atom stereocenters. The summed E-state index contributed by atoms with van der Waals surface area (Å²) in [4.78, 5) is 20.1. The molecule has 1 aromatic carbocycles. The molecule has 4 rings (SSSR count). The van der Waals surface area contributed by atoms with Crippen LogP contribution in [0.3, 0.4) is 0 Å². The number of carbonyl (C=O) groups is 1. The maximum absolute atomic E-state index is 12.4. The van der Waals surface area contributed by atoms with Crippen molar-refractivity contribution in [3.8, 4) is 0 Å². The molecule has 0 atom stereocenters. The van der Waals surface area contributed by atoms with Gasteiger partial charge in [-0.25, -0.2) is 4.98 Å². The number of rotatable bonds is 5. The number of aromatic nitrogens is 3. The van der Waals surface area contributed by atoms with E-state index in [9.17, 15) is 4.79 Å². The molecule has 2 N–H and O–H groups in total. The molecule has 1 aliphatic rings. The lowest BCUT2D eigenvalue weighted by atomic mass is 9.85. The van der Waals surface area contributed by atoms with Gasteiger partial charge in [0.1, 0.15) is 5.82 Å². The first-order chi connectivity index (χ1) is 11.7. The van der Waals surface area contributed by atoms with Crippen LogP contribution >= 0.6 is 0 Å². The van der Waals surface area contributed by atoms with Gasteiger partial charge in [0.05, 0.1) is 0 Å². The summed E-state index contributed by atoms with van der Waals surface area (Å²) in [6.07, 6.45) is 7.59. The third-order valence-corrected chi connectivity index (χ3v) is 4.99. The summed E-state index contributed by atoms with van der Waals surface area (Å²) in [5.74, 6) is 1.75. The Bertz CT molecular complexity index is 873. The van der Waals surface area contributed by atoms with Crippen LogP contribution < -0.4 is 5.32 Å². The number of aryl methyl sites for hydroxylation is 1. The minimum Gasteiger partial charge on any atom is -0.361 e. The lowest BCUT2D eigenvalue weighted by molar-refractivity contribution is 0.0952. The molecular formula is C19H22N4O. The number of nitrogens with one attached hydrogen (secondary N) is 2. The number of benzene rings is 1. The van der Waals surface area contributed by atoms with Gasteiger partial charge in [-0.3, -0.25) is 4.79 Å². The molecule has 5 heteroatoms. The summed E-state index contributed by atoms with van der Waals surface area (Å²) < 4.78 is 2.25. The monoisotopic (exact) mass is 322 g/mol. The van der Waals surface area contributed by atoms with E-state index in [2.05, 4.69) is 26.8 Å². The molecule has 0 spiro atoms. The van der Waals surface area contributed by atoms with Gasteiger partial charge < -0.3 is 14.9 Å². The number of hydrogen-bond donors (Lipinski definition) is 2. The second kappa shape index (κ2) is 6.15. The molecule has 24 heavy (non-hydrogen) atoms. The molecule has 0 aliphatic heterocycles. The Kier molecular flexibility index (Phi) is 3.84. The van der Waals surface area contributed by atoms with E-state index in [1.54, 1.807) is 0 Å². The summed E-state index contributed by atoms with van der Waals surface area (Å²) in [5, 5.41) is 4.14. The van der Waals surface area contributed by atoms with Crippen LogP contribution in [0.15, 0.2) is 36.7 Å². The second-order valence-corrected chi connectivity index (χ2v) is 6.57. The number of H-pyrrole nitrogens is 1. The topological polar surface area (TPSA) is 62.7 Å². The normalized spacial score (nSPS) is 14.7. The zero-order valence-electron chi connectivity index (χ0n) is 13.9. The molecule has 2 aromatic heterocycles. The lowest BCUT2D eigenvalue weighted by Crippen LogP contribution is -2.28. The maximum Gasteiger partial charge on any atom is 0.251 e. The molecule has 1 aliphatic carbocycles. The SMILES string of the molecule is Cc1cnc(C2CCC2)n1CCNC(=O)c1ccc2cc[nH]c2c1. The van der Waals surface area contributed by atoms with Crippen LogP contribution in [0.2, 0.25) is 0 Å². The first-order valence-electron chi connectivity index (χ1n) is 8.60. The lowest BCUT2D eigenvalue weighted by Gasteiger charge is -2.26. The predicted octanol–water partition coefficient (Wildman–Crippen LogP) is 3.37. The summed E-state index contributed by atoms with van der Waals surface area (Å²) in [6.45, 7) is 3.46. The van der Waals surface area contributed by atoms with Crippen molar-refractivity contribution in [2.75, 3.05) is 6.54 Å². The number of nitrogens with zero attached hydrogens (tertiary/aromatic N) is 2. The van der Waals surface area contributed by atoms with Crippen molar-refractivity contribution in [3.63, 3.8) is 0 Å². The quantitative estimate of drug-likeness (QED) is 0.756. The highest BCUT2D eigenvalue weighted by Gasteiger charge is 2.24. The molecular weight excluding hydrogens is 300 g/mol. The van der Waals surface area contributed by atoms with Gasteiger partial charge in [-0.15, -0.1) is 0 Å². The standard InChI is InChI=1S/C19H22N4O/c1-13-12-22-18(15-3-2-4-15)23(13)10-9-21-19(24)16-6-5-14-7-8-20-17(14)11-16/h5-8,11-12,15,20H,2-4,9-10H2,1H3,(H,21,24). The van der Waals surface area contributed by atoms with Crippen molar-refractivity contribution >= 4 is 16.8 Å². The predicted molar refractivity (Wildman–Crippen MR) is 94.2 cm³/mol. The molecule has 3 aromatic rings. The number of amides is 1. The fourth-order valence-electron chi connectivity index (χ4n) is 3.34. The largest absolute Gasteiger partial charge is 0.361 e. The van der Waals surface area contributed by atoms with Gasteiger partial charge in [0.15, 0.2) is 0 Å². The first kappa shape index (κ1) is 15.0. The molecule has 0 bridgehead atoms. The highest BCUT2D eigenvalue weighted by atomic mass is 16.1. The molecule has 0 saturated heterocycles. The minimum atomic E-state index is -0.0329. The second-order valence-electron chi connectivity index (χ2n) is 6.57. The molecule has 124 valence electrons. The van der Waals surface area contributed by atoms with E-state index in [0.29, 0.717) is 18.0 Å². The van der Waals surface area contributed by atoms with E-state index in [1.165, 1.54) is 30.8 Å². The number of hydrogen-bond acceptors (Lipinski definition) is 2. The van der Waals surface area contributed by atoms with Crippen LogP contribution in [0.5, 0.6) is 0 Å². The highest BCUT2D eigenvalue weighted by Crippen LogP contribution is 2.35. The van der Waals surface area contributed by atoms with Crippen LogP contribution in [-0.4, -0.2) is 27.0 Å². The Morgan fingerprint density at radius 2 is 2.25 bits per heavy atom. The van der Waals surface area contributed by atoms with Gasteiger partial charge in [0.25, 0.3) is 5.91 Å². The van der Waals surface area contributed by atoms with Crippen LogP contribution in [0.25, 0.3) is 10.9 Å². The third-order valence-electron chi connectivity index (χ3n) is 4.99. The van der Waals surface area contributed by atoms with Gasteiger partial charge >= 0.3 is 0 Å². The first-order valence-corrected chi connectivity index (χ1v) is 8.60. The van der Waals surface area contributed by atoms with Crippen molar-refractivity contribution in [1.82, 2.24) is 19.9 Å². The fourth-order valence-corrected chi connectivity index (χ4v) is 3.34. The molecule has 5 nitrogen and oxygen atoms in total. The van der Waals surface area contributed by atoms with Crippen molar-refractivity contribution in [1.29, 1.82) is 0 Å². The van der Waals surface area contributed by atoms with Gasteiger partial charge in [0, 0.05) is 48.2 Å². The van der Waals surface area contributed by atoms with E-state index < -0.39 is 0 Å². The Morgan fingerprint density at radius 3 is 3.04 bits per heavy atom. The third kappa shape index (κ3) is 2.70. The van der Waals surface area contributed by atoms with Crippen molar-refractivity contribution in [2.24, 2.45) is 0 Å². The van der Waals surface area contributed by atoms with Crippen LogP contribution in [0.4, 0.5) is 0 Å². The Balaban J connectivity index is 1.40. The Hall–Kier alpha value is -2.56. The average molecular weight is 322 g/mol. The van der Waals surface area contributed by atoms with Crippen molar-refractivity contribution < 1.29 is 4.79 Å². The Labute approximate surface area is 141 Å². The van der Waals surface area contributed by atoms with Gasteiger partial charge in [-0.1, -0.05) is 12.5 Å². The maximum atomic E-state index is 12.4. The fraction of sp³-hybridized carbons (Fsp3) is 0.368. The van der Waals surface area contributed by atoms with Gasteiger partial charge in [-0.2, -0.15) is 0 Å². The molecule has 2 heterocycles. The number of imidazole rings is 1. The molecule has 1 saturated carbocycles. The van der Waals surface area contributed by atoms with Crippen LogP contribution in [-0.2, 0) is 6.54 Å². The molecule has 1 fully saturated rings. The van der Waals surface area contributed by atoms with E-state index in [4.69, 9.17) is 0 Å². The molecule has 0 radical (unpaired) electrons. The van der Waals surface area contributed by atoms with E-state index in [0.717, 1.165) is 17.4 Å². The van der Waals surface area contributed by atoms with Crippen LogP contribution in [0.1, 0.15) is 47.1 Å². The van der Waals surface area contributed by atoms with Crippen LogP contribution in [0, 0.1) is 6.92 Å². The summed E-state index contributed by atoms with van der Waals surface area (Å²) in [5.41, 5.74) is 2.84. The van der Waals surface area contributed by atoms with Gasteiger partial charge in [-0.05, 0) is 43.4 Å². The number of aromatic amines is 1. The summed E-state index contributed by atoms with van der Waals surface area (Å²) in [7, 11) is 0. The highest BCUT2D eigenvalue weighted by molar-refractivity contribution is 5.97. The van der Waals surface area contributed by atoms with Gasteiger partial charge in [0.2, 0.25) is 0 Å². The zero-order valence-corrected chi connectivity index (χ0v) is 13.9.